The van der Waals surface area contributed by atoms with Gasteiger partial charge < -0.3 is 19.8 Å². The van der Waals surface area contributed by atoms with Gasteiger partial charge in [0, 0.05) is 12.6 Å². The predicted molar refractivity (Wildman–Crippen MR) is 105 cm³/mol. The number of nitrogens with one attached hydrogen (secondary N) is 1. The first-order chi connectivity index (χ1) is 15.3. The molecule has 32 heavy (non-hydrogen) atoms. The molecule has 0 amide bonds. The van der Waals surface area contributed by atoms with Crippen LogP contribution >= 0.6 is 0 Å². The quantitative estimate of drug-likeness (QED) is 0.292. The highest BCUT2D eigenvalue weighted by molar-refractivity contribution is 5.84. The second kappa shape index (κ2) is 7.46. The van der Waals surface area contributed by atoms with Crippen molar-refractivity contribution in [2.24, 2.45) is 0 Å². The zero-order valence-electron chi connectivity index (χ0n) is 16.4. The number of fused-ring (bicyclic) bond motifs is 2. The maximum atomic E-state index is 13.8. The van der Waals surface area contributed by atoms with Crippen molar-refractivity contribution in [3.63, 3.8) is 0 Å². The summed E-state index contributed by atoms with van der Waals surface area (Å²) in [7, 11) is 0. The minimum atomic E-state index is -4.89. The molecule has 1 aliphatic rings. The molecule has 1 aliphatic heterocycles. The van der Waals surface area contributed by atoms with Crippen molar-refractivity contribution in [2.75, 3.05) is 18.1 Å². The Morgan fingerprint density at radius 1 is 1.22 bits per heavy atom. The molecule has 0 bridgehead atoms. The number of hydrogen-bond acceptors (Lipinski definition) is 6. The SMILES string of the molecule is [O-][n+]1c(C(F)(F)F)cc(OCC2CCCN2c2ncnc3nc[nH]c23)c2cc(F)ccc21. The van der Waals surface area contributed by atoms with E-state index in [2.05, 4.69) is 19.9 Å². The fraction of sp³-hybridized carbons (Fsp3) is 0.300. The van der Waals surface area contributed by atoms with Crippen molar-refractivity contribution >= 4 is 27.9 Å². The van der Waals surface area contributed by atoms with Crippen LogP contribution in [0.15, 0.2) is 36.9 Å². The number of nitrogens with zero attached hydrogens (tertiary/aromatic N) is 5. The Hall–Kier alpha value is -3.70. The van der Waals surface area contributed by atoms with Crippen LogP contribution in [0, 0.1) is 11.0 Å². The third-order valence-electron chi connectivity index (χ3n) is 5.50. The topological polar surface area (TPSA) is 93.9 Å². The number of benzene rings is 1. The number of halogens is 4. The molecular formula is C20H16F4N6O2. The van der Waals surface area contributed by atoms with Crippen molar-refractivity contribution in [1.82, 2.24) is 19.9 Å². The Labute approximate surface area is 178 Å². The van der Waals surface area contributed by atoms with Gasteiger partial charge in [-0.3, -0.25) is 0 Å². The summed E-state index contributed by atoms with van der Waals surface area (Å²) in [6.07, 6.45) is -0.454. The summed E-state index contributed by atoms with van der Waals surface area (Å²) >= 11 is 0. The highest BCUT2D eigenvalue weighted by atomic mass is 19.4. The lowest BCUT2D eigenvalue weighted by Gasteiger charge is -2.26. The van der Waals surface area contributed by atoms with Gasteiger partial charge in [0.05, 0.1) is 23.8 Å². The lowest BCUT2D eigenvalue weighted by atomic mass is 10.1. The molecule has 1 saturated heterocycles. The largest absolute Gasteiger partial charge is 0.618 e. The van der Waals surface area contributed by atoms with E-state index in [-0.39, 0.29) is 34.0 Å². The van der Waals surface area contributed by atoms with Crippen LogP contribution in [0.2, 0.25) is 0 Å². The summed E-state index contributed by atoms with van der Waals surface area (Å²) in [5, 5.41) is 12.2. The molecule has 0 aliphatic carbocycles. The van der Waals surface area contributed by atoms with E-state index in [4.69, 9.17) is 4.74 Å². The van der Waals surface area contributed by atoms with E-state index in [0.29, 0.717) is 36.0 Å². The van der Waals surface area contributed by atoms with Crippen molar-refractivity contribution in [2.45, 2.75) is 25.1 Å². The molecule has 166 valence electrons. The molecule has 1 atom stereocenters. The molecular weight excluding hydrogens is 432 g/mol. The number of rotatable bonds is 4. The molecule has 0 radical (unpaired) electrons. The Bertz CT molecular complexity index is 1310. The van der Waals surface area contributed by atoms with Gasteiger partial charge in [0.2, 0.25) is 5.52 Å². The van der Waals surface area contributed by atoms with Gasteiger partial charge >= 0.3 is 11.9 Å². The van der Waals surface area contributed by atoms with Gasteiger partial charge in [-0.2, -0.15) is 17.9 Å². The monoisotopic (exact) mass is 448 g/mol. The maximum absolute atomic E-state index is 13.8. The van der Waals surface area contributed by atoms with Crippen LogP contribution in [-0.2, 0) is 6.18 Å². The molecule has 1 aromatic carbocycles. The van der Waals surface area contributed by atoms with Crippen LogP contribution in [0.4, 0.5) is 23.4 Å². The summed E-state index contributed by atoms with van der Waals surface area (Å²) < 4.78 is 59.5. The van der Waals surface area contributed by atoms with Crippen molar-refractivity contribution in [3.05, 3.63) is 53.6 Å². The van der Waals surface area contributed by atoms with E-state index in [1.165, 1.54) is 12.7 Å². The molecule has 4 heterocycles. The number of anilines is 1. The number of hydrogen-bond donors (Lipinski definition) is 1. The fourth-order valence-electron chi connectivity index (χ4n) is 4.03. The van der Waals surface area contributed by atoms with Crippen LogP contribution in [-0.4, -0.2) is 39.1 Å². The molecule has 4 aromatic rings. The second-order valence-electron chi connectivity index (χ2n) is 7.45. The van der Waals surface area contributed by atoms with Crippen LogP contribution in [0.5, 0.6) is 5.75 Å². The Morgan fingerprint density at radius 2 is 2.06 bits per heavy atom. The molecule has 8 nitrogen and oxygen atoms in total. The summed E-state index contributed by atoms with van der Waals surface area (Å²) in [5.74, 6) is -0.275. The summed E-state index contributed by atoms with van der Waals surface area (Å²) in [5.41, 5.74) is -0.598. The Morgan fingerprint density at radius 3 is 2.88 bits per heavy atom. The molecule has 5 rings (SSSR count). The predicted octanol–water partition coefficient (Wildman–Crippen LogP) is 3.35. The van der Waals surface area contributed by atoms with Gasteiger partial charge in [0.25, 0.3) is 0 Å². The minimum absolute atomic E-state index is 0.0193. The van der Waals surface area contributed by atoms with Crippen molar-refractivity contribution in [3.8, 4) is 5.75 Å². The lowest BCUT2D eigenvalue weighted by molar-refractivity contribution is -0.602. The third-order valence-corrected chi connectivity index (χ3v) is 5.50. The van der Waals surface area contributed by atoms with Gasteiger partial charge in [-0.25, -0.2) is 19.3 Å². The number of alkyl halides is 3. The van der Waals surface area contributed by atoms with Gasteiger partial charge in [-0.1, -0.05) is 0 Å². The fourth-order valence-corrected chi connectivity index (χ4v) is 4.03. The number of imidazole rings is 1. The third kappa shape index (κ3) is 3.41. The first kappa shape index (κ1) is 20.2. The first-order valence-corrected chi connectivity index (χ1v) is 9.79. The molecule has 0 spiro atoms. The van der Waals surface area contributed by atoms with Gasteiger partial charge in [0.15, 0.2) is 11.5 Å². The van der Waals surface area contributed by atoms with Crippen LogP contribution in [0.3, 0.4) is 0 Å². The molecule has 1 unspecified atom stereocenters. The normalized spacial score (nSPS) is 16.9. The lowest BCUT2D eigenvalue weighted by Crippen LogP contribution is -2.38. The number of aromatic nitrogens is 5. The second-order valence-corrected chi connectivity index (χ2v) is 7.45. The molecule has 1 fully saturated rings. The van der Waals surface area contributed by atoms with E-state index in [1.54, 1.807) is 0 Å². The summed E-state index contributed by atoms with van der Waals surface area (Å²) in [4.78, 5) is 17.5. The highest BCUT2D eigenvalue weighted by Crippen LogP contribution is 2.34. The minimum Gasteiger partial charge on any atom is -0.618 e. The Balaban J connectivity index is 1.49. The number of aromatic amines is 1. The molecule has 0 saturated carbocycles. The van der Waals surface area contributed by atoms with Gasteiger partial charge in [-0.15, -0.1) is 0 Å². The number of H-pyrrole nitrogens is 1. The standard InChI is InChI=1S/C20H16F4N6O2/c21-11-3-4-14-13(6-11)15(7-16(30(14)31)20(22,23)24)32-8-12-2-1-5-29(12)19-17-18(26-9-25-17)27-10-28-19/h3-4,6-7,9-10,12H,1-2,5,8H2,(H,25,26,27,28). The summed E-state index contributed by atoms with van der Waals surface area (Å²) in [6.45, 7) is 0.684. The first-order valence-electron chi connectivity index (χ1n) is 9.79. The average Bonchev–Trinajstić information content (AvgIpc) is 3.41. The number of ether oxygens (including phenoxy) is 1. The zero-order valence-corrected chi connectivity index (χ0v) is 16.4. The Kier molecular flexibility index (Phi) is 4.72. The molecule has 3 aromatic heterocycles. The van der Waals surface area contributed by atoms with E-state index in [1.807, 2.05) is 4.90 Å². The van der Waals surface area contributed by atoms with Crippen LogP contribution < -0.4 is 14.4 Å². The zero-order chi connectivity index (χ0) is 22.5. The van der Waals surface area contributed by atoms with Crippen LogP contribution in [0.25, 0.3) is 22.1 Å². The van der Waals surface area contributed by atoms with Crippen molar-refractivity contribution < 1.29 is 27.0 Å². The number of pyridine rings is 1. The van der Waals surface area contributed by atoms with E-state index in [9.17, 15) is 22.8 Å². The highest BCUT2D eigenvalue weighted by Gasteiger charge is 2.41. The maximum Gasteiger partial charge on any atom is 0.478 e. The summed E-state index contributed by atoms with van der Waals surface area (Å²) in [6, 6.07) is 3.35. The molecule has 12 heteroatoms. The van der Waals surface area contributed by atoms with E-state index >= 15 is 0 Å². The van der Waals surface area contributed by atoms with E-state index in [0.717, 1.165) is 24.6 Å². The van der Waals surface area contributed by atoms with Gasteiger partial charge in [0.1, 0.15) is 30.0 Å². The average molecular weight is 448 g/mol. The molecule has 1 N–H and O–H groups in total. The smallest absolute Gasteiger partial charge is 0.478 e. The van der Waals surface area contributed by atoms with Gasteiger partial charge in [-0.05, 0) is 25.0 Å². The van der Waals surface area contributed by atoms with E-state index < -0.39 is 17.7 Å². The van der Waals surface area contributed by atoms with Crippen molar-refractivity contribution in [1.29, 1.82) is 0 Å². The van der Waals surface area contributed by atoms with Crippen LogP contribution in [0.1, 0.15) is 18.5 Å².